The maximum atomic E-state index is 11.1. The molecule has 22 heavy (non-hydrogen) atoms. The third kappa shape index (κ3) is 3.04. The van der Waals surface area contributed by atoms with Gasteiger partial charge in [0.2, 0.25) is 5.89 Å². The van der Waals surface area contributed by atoms with Gasteiger partial charge in [0.25, 0.3) is 0 Å². The molecule has 0 saturated carbocycles. The second kappa shape index (κ2) is 6.22. The average Bonchev–Trinajstić information content (AvgIpc) is 2.99. The van der Waals surface area contributed by atoms with E-state index in [2.05, 4.69) is 4.98 Å². The van der Waals surface area contributed by atoms with Gasteiger partial charge in [-0.05, 0) is 13.0 Å². The Hall–Kier alpha value is -2.94. The Labute approximate surface area is 128 Å². The molecule has 0 N–H and O–H groups in total. The molecule has 3 rings (SSSR count). The van der Waals surface area contributed by atoms with E-state index in [1.807, 2.05) is 60.7 Å². The van der Waals surface area contributed by atoms with Gasteiger partial charge in [0, 0.05) is 17.2 Å². The Bertz CT molecular complexity index is 745. The first-order valence-electron chi connectivity index (χ1n) is 7.04. The summed E-state index contributed by atoms with van der Waals surface area (Å²) in [6, 6.07) is 19.7. The van der Waals surface area contributed by atoms with Crippen LogP contribution < -0.4 is 0 Å². The lowest BCUT2D eigenvalue weighted by molar-refractivity contribution is -0.112. The van der Waals surface area contributed by atoms with E-state index in [1.165, 1.54) is 13.0 Å². The summed E-state index contributed by atoms with van der Waals surface area (Å²) in [6.45, 7) is 1.50. The molecule has 0 atom stereocenters. The first-order chi connectivity index (χ1) is 10.7. The predicted molar refractivity (Wildman–Crippen MR) is 87.1 cm³/mol. The minimum atomic E-state index is -0.0410. The van der Waals surface area contributed by atoms with Crippen LogP contribution in [-0.2, 0) is 4.79 Å². The molecule has 3 nitrogen and oxygen atoms in total. The minimum absolute atomic E-state index is 0.0410. The number of hydrogen-bond donors (Lipinski definition) is 0. The zero-order valence-corrected chi connectivity index (χ0v) is 12.2. The fraction of sp³-hybridized carbons (Fsp3) is 0.0526. The maximum absolute atomic E-state index is 11.1. The Morgan fingerprint density at radius 1 is 0.955 bits per heavy atom. The second-order valence-corrected chi connectivity index (χ2v) is 4.91. The molecule has 0 amide bonds. The Balaban J connectivity index is 2.12. The molecule has 0 bridgehead atoms. The van der Waals surface area contributed by atoms with Crippen molar-refractivity contribution in [1.29, 1.82) is 0 Å². The third-order valence-corrected chi connectivity index (χ3v) is 3.19. The number of oxazole rings is 1. The molecule has 3 aromatic rings. The standard InChI is InChI=1S/C19H15NO2/c1-14(21)12-13-17-20-18(15-8-4-2-5-9-15)19(22-17)16-10-6-3-7-11-16/h2-13H,1H3/b13-12+. The predicted octanol–water partition coefficient (Wildman–Crippen LogP) is 4.61. The summed E-state index contributed by atoms with van der Waals surface area (Å²) in [5, 5.41) is 0. The van der Waals surface area contributed by atoms with Gasteiger partial charge in [0.15, 0.2) is 11.5 Å². The van der Waals surface area contributed by atoms with E-state index in [4.69, 9.17) is 4.42 Å². The van der Waals surface area contributed by atoms with Crippen molar-refractivity contribution in [2.45, 2.75) is 6.92 Å². The van der Waals surface area contributed by atoms with Crippen LogP contribution in [0.25, 0.3) is 28.7 Å². The average molecular weight is 289 g/mol. The molecule has 0 radical (unpaired) electrons. The number of benzene rings is 2. The summed E-state index contributed by atoms with van der Waals surface area (Å²) in [7, 11) is 0. The summed E-state index contributed by atoms with van der Waals surface area (Å²) < 4.78 is 5.86. The number of ketones is 1. The minimum Gasteiger partial charge on any atom is -0.436 e. The number of allylic oxidation sites excluding steroid dienone is 1. The summed E-state index contributed by atoms with van der Waals surface area (Å²) in [6.07, 6.45) is 3.05. The quantitative estimate of drug-likeness (QED) is 0.659. The van der Waals surface area contributed by atoms with Crippen LogP contribution >= 0.6 is 0 Å². The maximum Gasteiger partial charge on any atom is 0.220 e. The molecular formula is C19H15NO2. The van der Waals surface area contributed by atoms with Crippen molar-refractivity contribution in [1.82, 2.24) is 4.98 Å². The number of carbonyl (C=O) groups is 1. The molecule has 0 aliphatic heterocycles. The van der Waals surface area contributed by atoms with Gasteiger partial charge in [0.1, 0.15) is 5.69 Å². The van der Waals surface area contributed by atoms with E-state index in [9.17, 15) is 4.79 Å². The van der Waals surface area contributed by atoms with Gasteiger partial charge in [-0.2, -0.15) is 0 Å². The highest BCUT2D eigenvalue weighted by atomic mass is 16.4. The van der Waals surface area contributed by atoms with Gasteiger partial charge in [-0.3, -0.25) is 4.79 Å². The van der Waals surface area contributed by atoms with Crippen LogP contribution in [0.4, 0.5) is 0 Å². The van der Waals surface area contributed by atoms with Crippen LogP contribution in [0.3, 0.4) is 0 Å². The highest BCUT2D eigenvalue weighted by Crippen LogP contribution is 2.32. The smallest absolute Gasteiger partial charge is 0.220 e. The Morgan fingerprint density at radius 3 is 2.14 bits per heavy atom. The van der Waals surface area contributed by atoms with Crippen molar-refractivity contribution in [3.63, 3.8) is 0 Å². The van der Waals surface area contributed by atoms with Gasteiger partial charge in [0.05, 0.1) is 0 Å². The van der Waals surface area contributed by atoms with Gasteiger partial charge in [-0.15, -0.1) is 0 Å². The molecule has 0 unspecified atom stereocenters. The summed E-state index contributed by atoms with van der Waals surface area (Å²) >= 11 is 0. The lowest BCUT2D eigenvalue weighted by Gasteiger charge is -2.00. The monoisotopic (exact) mass is 289 g/mol. The fourth-order valence-corrected chi connectivity index (χ4v) is 2.17. The number of aromatic nitrogens is 1. The van der Waals surface area contributed by atoms with E-state index in [1.54, 1.807) is 6.08 Å². The molecule has 1 aromatic heterocycles. The zero-order valence-electron chi connectivity index (χ0n) is 12.2. The molecule has 1 heterocycles. The van der Waals surface area contributed by atoms with E-state index in [0.717, 1.165) is 16.8 Å². The third-order valence-electron chi connectivity index (χ3n) is 3.19. The molecule has 3 heteroatoms. The highest BCUT2D eigenvalue weighted by molar-refractivity contribution is 5.91. The molecular weight excluding hydrogens is 274 g/mol. The summed E-state index contributed by atoms with van der Waals surface area (Å²) in [5.41, 5.74) is 2.71. The number of rotatable bonds is 4. The summed E-state index contributed by atoms with van der Waals surface area (Å²) in [4.78, 5) is 15.6. The number of hydrogen-bond acceptors (Lipinski definition) is 3. The first kappa shape index (κ1) is 14.0. The zero-order chi connectivity index (χ0) is 15.4. The van der Waals surface area contributed by atoms with Gasteiger partial charge < -0.3 is 4.42 Å². The van der Waals surface area contributed by atoms with Crippen LogP contribution in [0.2, 0.25) is 0 Å². The molecule has 0 aliphatic rings. The van der Waals surface area contributed by atoms with Gasteiger partial charge >= 0.3 is 0 Å². The van der Waals surface area contributed by atoms with E-state index >= 15 is 0 Å². The van der Waals surface area contributed by atoms with Crippen molar-refractivity contribution in [2.75, 3.05) is 0 Å². The molecule has 0 spiro atoms. The van der Waals surface area contributed by atoms with Gasteiger partial charge in [-0.25, -0.2) is 4.98 Å². The van der Waals surface area contributed by atoms with Crippen molar-refractivity contribution in [3.8, 4) is 22.6 Å². The second-order valence-electron chi connectivity index (χ2n) is 4.91. The topological polar surface area (TPSA) is 43.1 Å². The van der Waals surface area contributed by atoms with Crippen LogP contribution in [0.1, 0.15) is 12.8 Å². The van der Waals surface area contributed by atoms with Crippen molar-refractivity contribution < 1.29 is 9.21 Å². The fourth-order valence-electron chi connectivity index (χ4n) is 2.17. The van der Waals surface area contributed by atoms with Crippen LogP contribution in [0.5, 0.6) is 0 Å². The van der Waals surface area contributed by atoms with Crippen molar-refractivity contribution >= 4 is 11.9 Å². The van der Waals surface area contributed by atoms with Crippen LogP contribution in [0, 0.1) is 0 Å². The largest absolute Gasteiger partial charge is 0.436 e. The number of nitrogens with zero attached hydrogens (tertiary/aromatic N) is 1. The van der Waals surface area contributed by atoms with Gasteiger partial charge in [-0.1, -0.05) is 60.7 Å². The van der Waals surface area contributed by atoms with Crippen molar-refractivity contribution in [2.24, 2.45) is 0 Å². The molecule has 0 saturated heterocycles. The highest BCUT2D eigenvalue weighted by Gasteiger charge is 2.15. The molecule has 2 aromatic carbocycles. The molecule has 0 fully saturated rings. The van der Waals surface area contributed by atoms with Crippen LogP contribution in [0.15, 0.2) is 71.2 Å². The van der Waals surface area contributed by atoms with Crippen molar-refractivity contribution in [3.05, 3.63) is 72.6 Å². The lowest BCUT2D eigenvalue weighted by Crippen LogP contribution is -1.82. The Morgan fingerprint density at radius 2 is 1.55 bits per heavy atom. The van der Waals surface area contributed by atoms with E-state index in [-0.39, 0.29) is 5.78 Å². The SMILES string of the molecule is CC(=O)/C=C/c1nc(-c2ccccc2)c(-c2ccccc2)o1. The number of carbonyl (C=O) groups excluding carboxylic acids is 1. The summed E-state index contributed by atoms with van der Waals surface area (Å²) in [5.74, 6) is 1.09. The molecule has 0 aliphatic carbocycles. The first-order valence-corrected chi connectivity index (χ1v) is 7.04. The van der Waals surface area contributed by atoms with E-state index < -0.39 is 0 Å². The van der Waals surface area contributed by atoms with E-state index in [0.29, 0.717) is 11.7 Å². The van der Waals surface area contributed by atoms with Crippen LogP contribution in [-0.4, -0.2) is 10.8 Å². The Kier molecular flexibility index (Phi) is 3.97. The lowest BCUT2D eigenvalue weighted by atomic mass is 10.1. The molecule has 108 valence electrons. The normalized spacial score (nSPS) is 11.0.